The molecule has 1 atom stereocenters. The zero-order chi connectivity index (χ0) is 16.5. The minimum Gasteiger partial charge on any atom is -0.481 e. The van der Waals surface area contributed by atoms with E-state index in [1.807, 2.05) is 12.1 Å². The van der Waals surface area contributed by atoms with Crippen molar-refractivity contribution in [1.29, 1.82) is 0 Å². The first-order valence-electron chi connectivity index (χ1n) is 8.40. The summed E-state index contributed by atoms with van der Waals surface area (Å²) >= 11 is 6.17. The van der Waals surface area contributed by atoms with Crippen LogP contribution in [0.5, 0.6) is 5.75 Å². The number of benzene rings is 1. The summed E-state index contributed by atoms with van der Waals surface area (Å²) in [6, 6.07) is 8.24. The Bertz CT molecular complexity index is 763. The van der Waals surface area contributed by atoms with Gasteiger partial charge in [0.25, 0.3) is 5.91 Å². The predicted molar refractivity (Wildman–Crippen MR) is 93.4 cm³/mol. The summed E-state index contributed by atoms with van der Waals surface area (Å²) in [5.74, 6) is 0.493. The summed E-state index contributed by atoms with van der Waals surface area (Å²) < 4.78 is 5.69. The molecule has 2 heterocycles. The molecule has 0 spiro atoms. The van der Waals surface area contributed by atoms with Gasteiger partial charge in [0.15, 0.2) is 6.61 Å². The molecular weight excluding hydrogens is 326 g/mol. The van der Waals surface area contributed by atoms with Gasteiger partial charge in [-0.15, -0.1) is 0 Å². The number of nitrogens with one attached hydrogen (secondary N) is 1. The molecule has 1 aromatic heterocycles. The molecule has 0 bridgehead atoms. The van der Waals surface area contributed by atoms with E-state index in [9.17, 15) is 4.79 Å². The Kier molecular flexibility index (Phi) is 4.29. The van der Waals surface area contributed by atoms with Gasteiger partial charge in [0, 0.05) is 36.8 Å². The Labute approximate surface area is 145 Å². The van der Waals surface area contributed by atoms with Crippen LogP contribution in [0.15, 0.2) is 30.5 Å². The number of ether oxygens (including phenoxy) is 1. The van der Waals surface area contributed by atoms with E-state index in [4.69, 9.17) is 16.3 Å². The number of halogens is 1. The number of carbonyl (C=O) groups is 1. The van der Waals surface area contributed by atoms with Crippen molar-refractivity contribution in [1.82, 2.24) is 15.2 Å². The van der Waals surface area contributed by atoms with Gasteiger partial charge in [-0.25, -0.2) is 0 Å². The van der Waals surface area contributed by atoms with Crippen LogP contribution in [-0.2, 0) is 4.79 Å². The van der Waals surface area contributed by atoms with Crippen LogP contribution in [-0.4, -0.2) is 47.6 Å². The summed E-state index contributed by atoms with van der Waals surface area (Å²) in [5.41, 5.74) is 0.679. The number of aromatic nitrogens is 1. The molecular formula is C18H20ClN3O2. The summed E-state index contributed by atoms with van der Waals surface area (Å²) in [4.78, 5) is 19.0. The van der Waals surface area contributed by atoms with Crippen LogP contribution in [0.1, 0.15) is 19.3 Å². The number of hydrogen-bond donors (Lipinski definition) is 1. The van der Waals surface area contributed by atoms with E-state index in [-0.39, 0.29) is 18.6 Å². The molecule has 24 heavy (non-hydrogen) atoms. The monoisotopic (exact) mass is 345 g/mol. The maximum atomic E-state index is 12.2. The van der Waals surface area contributed by atoms with E-state index in [0.29, 0.717) is 16.3 Å². The highest BCUT2D eigenvalue weighted by molar-refractivity contribution is 6.35. The molecule has 1 N–H and O–H groups in total. The number of hydrogen-bond acceptors (Lipinski definition) is 4. The number of carbonyl (C=O) groups excluding carboxylic acids is 1. The highest BCUT2D eigenvalue weighted by atomic mass is 35.5. The molecule has 1 aromatic carbocycles. The number of amides is 1. The van der Waals surface area contributed by atoms with Gasteiger partial charge in [0.2, 0.25) is 0 Å². The second kappa shape index (κ2) is 6.57. The molecule has 6 heteroatoms. The van der Waals surface area contributed by atoms with Gasteiger partial charge in [-0.2, -0.15) is 0 Å². The second-order valence-corrected chi connectivity index (χ2v) is 6.92. The lowest BCUT2D eigenvalue weighted by Crippen LogP contribution is -2.40. The van der Waals surface area contributed by atoms with Gasteiger partial charge in [-0.1, -0.05) is 11.6 Å². The van der Waals surface area contributed by atoms with E-state index < -0.39 is 0 Å². The Morgan fingerprint density at radius 1 is 1.33 bits per heavy atom. The van der Waals surface area contributed by atoms with E-state index >= 15 is 0 Å². The molecule has 126 valence electrons. The number of nitrogens with zero attached hydrogens (tertiary/aromatic N) is 2. The Hall–Kier alpha value is -1.85. The Balaban J connectivity index is 1.35. The Morgan fingerprint density at radius 3 is 3.04 bits per heavy atom. The molecule has 2 aromatic rings. The minimum absolute atomic E-state index is 0.00671. The van der Waals surface area contributed by atoms with Crippen LogP contribution in [0.25, 0.3) is 10.9 Å². The van der Waals surface area contributed by atoms with Gasteiger partial charge in [0.1, 0.15) is 11.3 Å². The first kappa shape index (κ1) is 15.7. The lowest BCUT2D eigenvalue weighted by atomic mass is 10.2. The van der Waals surface area contributed by atoms with Gasteiger partial charge in [-0.3, -0.25) is 14.7 Å². The lowest BCUT2D eigenvalue weighted by Gasteiger charge is -2.16. The average molecular weight is 346 g/mol. The lowest BCUT2D eigenvalue weighted by molar-refractivity contribution is -0.123. The molecule has 1 saturated carbocycles. The van der Waals surface area contributed by atoms with Crippen molar-refractivity contribution in [3.8, 4) is 5.75 Å². The number of pyridine rings is 1. The minimum atomic E-state index is -0.0864. The fourth-order valence-corrected chi connectivity index (χ4v) is 3.53. The van der Waals surface area contributed by atoms with E-state index in [1.54, 1.807) is 18.3 Å². The third-order valence-electron chi connectivity index (χ3n) is 4.69. The van der Waals surface area contributed by atoms with Crippen molar-refractivity contribution in [2.24, 2.45) is 0 Å². The summed E-state index contributed by atoms with van der Waals surface area (Å²) in [6.07, 6.45) is 5.32. The second-order valence-electron chi connectivity index (χ2n) is 6.51. The van der Waals surface area contributed by atoms with Gasteiger partial charge in [-0.05, 0) is 43.5 Å². The summed E-state index contributed by atoms with van der Waals surface area (Å²) in [6.45, 7) is 2.04. The smallest absolute Gasteiger partial charge is 0.258 e. The first-order valence-corrected chi connectivity index (χ1v) is 8.78. The zero-order valence-electron chi connectivity index (χ0n) is 13.4. The van der Waals surface area contributed by atoms with Crippen LogP contribution in [0, 0.1) is 0 Å². The highest BCUT2D eigenvalue weighted by Gasteiger charge is 2.34. The van der Waals surface area contributed by atoms with Crippen molar-refractivity contribution in [2.45, 2.75) is 31.3 Å². The summed E-state index contributed by atoms with van der Waals surface area (Å²) in [5, 5.41) is 4.52. The molecule has 1 aliphatic heterocycles. The third kappa shape index (κ3) is 3.32. The molecule has 1 aliphatic carbocycles. The molecule has 0 radical (unpaired) electrons. The quantitative estimate of drug-likeness (QED) is 0.905. The van der Waals surface area contributed by atoms with Gasteiger partial charge >= 0.3 is 0 Å². The fourth-order valence-electron chi connectivity index (χ4n) is 3.32. The maximum absolute atomic E-state index is 12.2. The first-order chi connectivity index (χ1) is 11.7. The summed E-state index contributed by atoms with van der Waals surface area (Å²) in [7, 11) is 0. The molecule has 0 unspecified atom stereocenters. The van der Waals surface area contributed by atoms with E-state index in [1.165, 1.54) is 12.8 Å². The zero-order valence-corrected chi connectivity index (χ0v) is 14.1. The van der Waals surface area contributed by atoms with Crippen molar-refractivity contribution in [3.63, 3.8) is 0 Å². The number of likely N-dealkylation sites (tertiary alicyclic amines) is 1. The van der Waals surface area contributed by atoms with Crippen LogP contribution in [0.4, 0.5) is 0 Å². The normalized spacial score (nSPS) is 21.1. The van der Waals surface area contributed by atoms with Crippen molar-refractivity contribution in [3.05, 3.63) is 35.5 Å². The maximum Gasteiger partial charge on any atom is 0.258 e. The molecule has 2 fully saturated rings. The van der Waals surface area contributed by atoms with Crippen LogP contribution >= 0.6 is 11.6 Å². The molecule has 4 rings (SSSR count). The van der Waals surface area contributed by atoms with Crippen LogP contribution < -0.4 is 10.1 Å². The van der Waals surface area contributed by atoms with E-state index in [2.05, 4.69) is 15.2 Å². The third-order valence-corrected chi connectivity index (χ3v) is 5.02. The van der Waals surface area contributed by atoms with Crippen LogP contribution in [0.2, 0.25) is 5.02 Å². The predicted octanol–water partition coefficient (Wildman–Crippen LogP) is 2.62. The molecule has 5 nitrogen and oxygen atoms in total. The Morgan fingerprint density at radius 2 is 2.21 bits per heavy atom. The highest BCUT2D eigenvalue weighted by Crippen LogP contribution is 2.30. The molecule has 2 aliphatic rings. The van der Waals surface area contributed by atoms with Crippen LogP contribution in [0.3, 0.4) is 0 Å². The standard InChI is InChI=1S/C18H20ClN3O2/c19-15-5-6-16(18-14(15)2-1-8-20-18)24-11-17(23)21-12-7-9-22(10-12)13-3-4-13/h1-2,5-6,8,12-13H,3-4,7,9-11H2,(H,21,23)/t12-/m1/s1. The van der Waals surface area contributed by atoms with Gasteiger partial charge in [0.05, 0.1) is 5.02 Å². The topological polar surface area (TPSA) is 54.5 Å². The SMILES string of the molecule is O=C(COc1ccc(Cl)c2cccnc12)N[C@@H]1CCN(C2CC2)C1. The van der Waals surface area contributed by atoms with Crippen molar-refractivity contribution < 1.29 is 9.53 Å². The van der Waals surface area contributed by atoms with Crippen molar-refractivity contribution in [2.75, 3.05) is 19.7 Å². The molecule has 1 amide bonds. The fraction of sp³-hybridized carbons (Fsp3) is 0.444. The number of rotatable bonds is 5. The van der Waals surface area contributed by atoms with E-state index in [0.717, 1.165) is 30.9 Å². The van der Waals surface area contributed by atoms with Crippen molar-refractivity contribution >= 4 is 28.4 Å². The molecule has 1 saturated heterocycles. The average Bonchev–Trinajstić information content (AvgIpc) is 3.35. The van der Waals surface area contributed by atoms with Gasteiger partial charge < -0.3 is 10.1 Å². The number of fused-ring (bicyclic) bond motifs is 1. The largest absolute Gasteiger partial charge is 0.481 e.